The number of ether oxygens (including phenoxy) is 5. The molecule has 224 valence electrons. The SMILES string of the molecule is OCC1CC12O[C@H](COCc1ccccc1)[C@@H](OCc1ccccc1)[C@H](OCc1ccccc1)[C@H]2OCc1ccccc1. The van der Waals surface area contributed by atoms with Crippen LogP contribution in [-0.4, -0.2) is 48.3 Å². The van der Waals surface area contributed by atoms with Crippen LogP contribution in [0.25, 0.3) is 0 Å². The Morgan fingerprint density at radius 2 is 1.02 bits per heavy atom. The minimum Gasteiger partial charge on any atom is -0.396 e. The Hall–Kier alpha value is -3.36. The van der Waals surface area contributed by atoms with E-state index in [4.69, 9.17) is 23.7 Å². The van der Waals surface area contributed by atoms with Gasteiger partial charge in [0.25, 0.3) is 0 Å². The number of aliphatic hydroxyl groups excluding tert-OH is 1. The van der Waals surface area contributed by atoms with Gasteiger partial charge in [0.05, 0.1) is 33.0 Å². The smallest absolute Gasteiger partial charge is 0.116 e. The first-order chi connectivity index (χ1) is 21.2. The lowest BCUT2D eigenvalue weighted by atomic mass is 9.91. The lowest BCUT2D eigenvalue weighted by molar-refractivity contribution is -0.286. The summed E-state index contributed by atoms with van der Waals surface area (Å²) in [4.78, 5) is 0. The molecule has 2 unspecified atom stereocenters. The van der Waals surface area contributed by atoms with E-state index in [1.165, 1.54) is 0 Å². The number of rotatable bonds is 14. The molecule has 1 N–H and O–H groups in total. The normalized spacial score (nSPS) is 26.4. The summed E-state index contributed by atoms with van der Waals surface area (Å²) < 4.78 is 33.3. The van der Waals surface area contributed by atoms with Crippen LogP contribution in [-0.2, 0) is 50.1 Å². The molecule has 0 aromatic heterocycles. The van der Waals surface area contributed by atoms with Crippen molar-refractivity contribution < 1.29 is 28.8 Å². The summed E-state index contributed by atoms with van der Waals surface area (Å²) in [6, 6.07) is 40.5. The predicted molar refractivity (Wildman–Crippen MR) is 164 cm³/mol. The van der Waals surface area contributed by atoms with Gasteiger partial charge in [-0.05, 0) is 28.7 Å². The summed E-state index contributed by atoms with van der Waals surface area (Å²) >= 11 is 0. The molecule has 6 heteroatoms. The fourth-order valence-electron chi connectivity index (χ4n) is 6.03. The summed E-state index contributed by atoms with van der Waals surface area (Å²) in [6.45, 7) is 2.01. The molecule has 4 aromatic rings. The van der Waals surface area contributed by atoms with Crippen LogP contribution in [0, 0.1) is 5.92 Å². The maximum Gasteiger partial charge on any atom is 0.116 e. The lowest BCUT2D eigenvalue weighted by Gasteiger charge is -2.47. The molecule has 4 aromatic carbocycles. The van der Waals surface area contributed by atoms with Crippen LogP contribution in [0.1, 0.15) is 28.7 Å². The Kier molecular flexibility index (Phi) is 9.95. The number of hydrogen-bond donors (Lipinski definition) is 1. The van der Waals surface area contributed by atoms with Crippen molar-refractivity contribution >= 4 is 0 Å². The zero-order chi connectivity index (χ0) is 29.3. The average Bonchev–Trinajstić information content (AvgIpc) is 3.77. The van der Waals surface area contributed by atoms with Crippen LogP contribution in [0.15, 0.2) is 121 Å². The van der Waals surface area contributed by atoms with Gasteiger partial charge in [0, 0.05) is 12.5 Å². The molecule has 43 heavy (non-hydrogen) atoms. The van der Waals surface area contributed by atoms with Crippen molar-refractivity contribution in [2.24, 2.45) is 5.92 Å². The minimum atomic E-state index is -0.682. The Morgan fingerprint density at radius 1 is 0.581 bits per heavy atom. The van der Waals surface area contributed by atoms with E-state index in [1.807, 2.05) is 72.8 Å². The molecule has 1 heterocycles. The second-order valence-corrected chi connectivity index (χ2v) is 11.4. The fourth-order valence-corrected chi connectivity index (χ4v) is 6.03. The molecule has 2 aliphatic rings. The molecular weight excluding hydrogens is 540 g/mol. The summed E-state index contributed by atoms with van der Waals surface area (Å²) in [5.41, 5.74) is 3.61. The van der Waals surface area contributed by atoms with E-state index in [0.29, 0.717) is 39.5 Å². The van der Waals surface area contributed by atoms with Gasteiger partial charge in [-0.15, -0.1) is 0 Å². The first-order valence-electron chi connectivity index (χ1n) is 15.1. The highest BCUT2D eigenvalue weighted by Gasteiger charge is 2.68. The Bertz CT molecular complexity index is 1370. The quantitative estimate of drug-likeness (QED) is 0.194. The largest absolute Gasteiger partial charge is 0.396 e. The summed E-state index contributed by atoms with van der Waals surface area (Å²) in [7, 11) is 0. The predicted octanol–water partition coefficient (Wildman–Crippen LogP) is 6.11. The van der Waals surface area contributed by atoms with Gasteiger partial charge >= 0.3 is 0 Å². The van der Waals surface area contributed by atoms with E-state index in [2.05, 4.69) is 48.5 Å². The van der Waals surface area contributed by atoms with Gasteiger partial charge in [0.15, 0.2) is 0 Å². The van der Waals surface area contributed by atoms with Crippen LogP contribution in [0.3, 0.4) is 0 Å². The first kappa shape index (κ1) is 29.7. The second-order valence-electron chi connectivity index (χ2n) is 11.4. The summed E-state index contributed by atoms with van der Waals surface area (Å²) in [6.07, 6.45) is -1.09. The van der Waals surface area contributed by atoms with E-state index in [0.717, 1.165) is 22.3 Å². The Morgan fingerprint density at radius 3 is 1.49 bits per heavy atom. The molecule has 6 nitrogen and oxygen atoms in total. The molecule has 1 spiro atoms. The van der Waals surface area contributed by atoms with Gasteiger partial charge in [-0.25, -0.2) is 0 Å². The molecular formula is C37H40O6. The van der Waals surface area contributed by atoms with Gasteiger partial charge in [-0.2, -0.15) is 0 Å². The number of hydrogen-bond acceptors (Lipinski definition) is 6. The molecule has 1 aliphatic heterocycles. The van der Waals surface area contributed by atoms with Crippen molar-refractivity contribution in [2.45, 2.75) is 62.9 Å². The highest BCUT2D eigenvalue weighted by Crippen LogP contribution is 2.56. The van der Waals surface area contributed by atoms with E-state index < -0.39 is 30.0 Å². The zero-order valence-corrected chi connectivity index (χ0v) is 24.4. The van der Waals surface area contributed by atoms with Crippen molar-refractivity contribution in [1.29, 1.82) is 0 Å². The third-order valence-electron chi connectivity index (χ3n) is 8.39. The topological polar surface area (TPSA) is 66.4 Å². The Balaban J connectivity index is 1.29. The van der Waals surface area contributed by atoms with Crippen molar-refractivity contribution in [2.75, 3.05) is 13.2 Å². The van der Waals surface area contributed by atoms with Crippen molar-refractivity contribution in [3.8, 4) is 0 Å². The minimum absolute atomic E-state index is 0.0176. The van der Waals surface area contributed by atoms with E-state index >= 15 is 0 Å². The third-order valence-corrected chi connectivity index (χ3v) is 8.39. The standard InChI is InChI=1S/C37H40O6/c38-22-32-21-37(32)36(42-26-31-19-11-4-12-20-31)35(41-25-30-17-9-3-10-18-30)34(40-24-29-15-7-2-8-16-29)33(43-37)27-39-23-28-13-5-1-6-14-28/h1-20,32-36,38H,21-27H2/t32?,33-,34-,35+,36-,37?/m1/s1. The molecule has 1 saturated heterocycles. The zero-order valence-electron chi connectivity index (χ0n) is 24.4. The second kappa shape index (κ2) is 14.4. The van der Waals surface area contributed by atoms with Crippen LogP contribution in [0.5, 0.6) is 0 Å². The molecule has 6 atom stereocenters. The molecule has 0 bridgehead atoms. The van der Waals surface area contributed by atoms with Gasteiger partial charge in [0.1, 0.15) is 30.0 Å². The molecule has 0 radical (unpaired) electrons. The molecule has 0 amide bonds. The van der Waals surface area contributed by atoms with Gasteiger partial charge in [-0.1, -0.05) is 121 Å². The molecule has 6 rings (SSSR count). The van der Waals surface area contributed by atoms with Crippen molar-refractivity contribution in [3.63, 3.8) is 0 Å². The first-order valence-corrected chi connectivity index (χ1v) is 15.1. The maximum absolute atomic E-state index is 10.3. The van der Waals surface area contributed by atoms with Crippen LogP contribution in [0.4, 0.5) is 0 Å². The number of benzene rings is 4. The van der Waals surface area contributed by atoms with Gasteiger partial charge in [-0.3, -0.25) is 0 Å². The monoisotopic (exact) mass is 580 g/mol. The third kappa shape index (κ3) is 7.42. The average molecular weight is 581 g/mol. The van der Waals surface area contributed by atoms with Gasteiger partial charge in [0.2, 0.25) is 0 Å². The van der Waals surface area contributed by atoms with Gasteiger partial charge < -0.3 is 28.8 Å². The fraction of sp³-hybridized carbons (Fsp3) is 0.351. The van der Waals surface area contributed by atoms with E-state index in [1.54, 1.807) is 0 Å². The highest BCUT2D eigenvalue weighted by atomic mass is 16.6. The van der Waals surface area contributed by atoms with Crippen LogP contribution >= 0.6 is 0 Å². The maximum atomic E-state index is 10.3. The Labute approximate surface area is 254 Å². The van der Waals surface area contributed by atoms with E-state index in [9.17, 15) is 5.11 Å². The summed E-state index contributed by atoms with van der Waals surface area (Å²) in [5.74, 6) is -0.0530. The molecule has 1 saturated carbocycles. The lowest BCUT2D eigenvalue weighted by Crippen LogP contribution is -2.63. The molecule has 1 aliphatic carbocycles. The highest BCUT2D eigenvalue weighted by molar-refractivity contribution is 5.20. The van der Waals surface area contributed by atoms with Crippen LogP contribution in [0.2, 0.25) is 0 Å². The van der Waals surface area contributed by atoms with E-state index in [-0.39, 0.29) is 12.5 Å². The summed E-state index contributed by atoms with van der Waals surface area (Å²) in [5, 5.41) is 10.3. The number of aliphatic hydroxyl groups is 1. The van der Waals surface area contributed by atoms with Crippen molar-refractivity contribution in [3.05, 3.63) is 144 Å². The van der Waals surface area contributed by atoms with Crippen molar-refractivity contribution in [1.82, 2.24) is 0 Å². The van der Waals surface area contributed by atoms with Crippen LogP contribution < -0.4 is 0 Å². The molecule has 2 fully saturated rings.